The lowest BCUT2D eigenvalue weighted by atomic mass is 10.1. The van der Waals surface area contributed by atoms with Gasteiger partial charge in [0, 0.05) is 23.1 Å². The normalized spacial score (nSPS) is 12.0. The van der Waals surface area contributed by atoms with Crippen LogP contribution in [0.15, 0.2) is 82.2 Å². The fourth-order valence-electron chi connectivity index (χ4n) is 3.89. The van der Waals surface area contributed by atoms with Gasteiger partial charge < -0.3 is 10.2 Å². The minimum Gasteiger partial charge on any atom is -0.357 e. The topological polar surface area (TPSA) is 86.8 Å². The quantitative estimate of drug-likeness (QED) is 0.346. The van der Waals surface area contributed by atoms with E-state index < -0.39 is 28.5 Å². The van der Waals surface area contributed by atoms with Crippen molar-refractivity contribution in [1.82, 2.24) is 10.2 Å². The van der Waals surface area contributed by atoms with Crippen molar-refractivity contribution in [3.8, 4) is 0 Å². The third-order valence-corrected chi connectivity index (χ3v) is 8.56. The molecule has 2 amide bonds. The second kappa shape index (κ2) is 12.6. The monoisotopic (exact) mass is 605 g/mol. The van der Waals surface area contributed by atoms with Gasteiger partial charge in [-0.2, -0.15) is 0 Å². The number of anilines is 1. The smallest absolute Gasteiger partial charge is 0.264 e. The van der Waals surface area contributed by atoms with Gasteiger partial charge in [-0.15, -0.1) is 0 Å². The van der Waals surface area contributed by atoms with Crippen LogP contribution in [0.2, 0.25) is 5.02 Å². The van der Waals surface area contributed by atoms with Crippen molar-refractivity contribution in [2.45, 2.75) is 37.8 Å². The second-order valence-electron chi connectivity index (χ2n) is 8.46. The number of aryl methyl sites for hydroxylation is 1. The maximum atomic E-state index is 13.9. The SMILES string of the molecule is CCC(C(=O)NC)N(Cc1ccccc1Cl)C(=O)CN(c1cccc(Br)c1)S(=O)(=O)c1ccc(C)cc1. The van der Waals surface area contributed by atoms with Gasteiger partial charge in [0.1, 0.15) is 12.6 Å². The fraction of sp³-hybridized carbons (Fsp3) is 0.259. The van der Waals surface area contributed by atoms with E-state index in [0.29, 0.717) is 27.2 Å². The summed E-state index contributed by atoms with van der Waals surface area (Å²) in [5.74, 6) is -0.885. The number of amides is 2. The summed E-state index contributed by atoms with van der Waals surface area (Å²) < 4.78 is 29.3. The van der Waals surface area contributed by atoms with Crippen LogP contribution in [-0.4, -0.2) is 44.8 Å². The van der Waals surface area contributed by atoms with Crippen LogP contribution in [0, 0.1) is 6.92 Å². The molecule has 7 nitrogen and oxygen atoms in total. The lowest BCUT2D eigenvalue weighted by Gasteiger charge is -2.33. The number of likely N-dealkylation sites (N-methyl/N-ethyl adjacent to an activating group) is 1. The molecular formula is C27H29BrClN3O4S. The number of benzene rings is 3. The molecule has 10 heteroatoms. The average Bonchev–Trinajstić information content (AvgIpc) is 2.88. The number of hydrogen-bond donors (Lipinski definition) is 1. The first-order valence-corrected chi connectivity index (χ1v) is 14.3. The first-order valence-electron chi connectivity index (χ1n) is 11.7. The third kappa shape index (κ3) is 6.91. The summed E-state index contributed by atoms with van der Waals surface area (Å²) in [7, 11) is -2.62. The fourth-order valence-corrected chi connectivity index (χ4v) is 5.88. The Kier molecular flexibility index (Phi) is 9.75. The zero-order valence-corrected chi connectivity index (χ0v) is 24.0. The Balaban J connectivity index is 2.07. The molecule has 0 heterocycles. The number of halogens is 2. The van der Waals surface area contributed by atoms with E-state index in [1.54, 1.807) is 67.6 Å². The van der Waals surface area contributed by atoms with Gasteiger partial charge in [-0.05, 0) is 55.3 Å². The summed E-state index contributed by atoms with van der Waals surface area (Å²) in [5, 5.41) is 3.05. The molecule has 1 atom stereocenters. The molecule has 0 aromatic heterocycles. The molecule has 3 aromatic rings. The highest BCUT2D eigenvalue weighted by atomic mass is 79.9. The molecule has 1 unspecified atom stereocenters. The van der Waals surface area contributed by atoms with Gasteiger partial charge in [0.2, 0.25) is 11.8 Å². The van der Waals surface area contributed by atoms with Crippen LogP contribution in [0.3, 0.4) is 0 Å². The first kappa shape index (κ1) is 28.7. The van der Waals surface area contributed by atoms with Gasteiger partial charge in [-0.1, -0.05) is 76.4 Å². The minimum atomic E-state index is -4.12. The maximum absolute atomic E-state index is 13.9. The summed E-state index contributed by atoms with van der Waals surface area (Å²) in [6.07, 6.45) is 0.331. The molecule has 0 spiro atoms. The van der Waals surface area contributed by atoms with Crippen LogP contribution in [0.25, 0.3) is 0 Å². The zero-order valence-electron chi connectivity index (χ0n) is 20.8. The summed E-state index contributed by atoms with van der Waals surface area (Å²) in [6.45, 7) is 3.19. The summed E-state index contributed by atoms with van der Waals surface area (Å²) >= 11 is 9.76. The summed E-state index contributed by atoms with van der Waals surface area (Å²) in [5.41, 5.74) is 1.87. The molecule has 0 saturated carbocycles. The zero-order chi connectivity index (χ0) is 27.2. The lowest BCUT2D eigenvalue weighted by Crippen LogP contribution is -2.51. The first-order chi connectivity index (χ1) is 17.6. The van der Waals surface area contributed by atoms with Crippen molar-refractivity contribution in [3.05, 3.63) is 93.4 Å². The van der Waals surface area contributed by atoms with E-state index in [4.69, 9.17) is 11.6 Å². The van der Waals surface area contributed by atoms with Gasteiger partial charge in [-0.3, -0.25) is 13.9 Å². The van der Waals surface area contributed by atoms with E-state index in [0.717, 1.165) is 9.87 Å². The van der Waals surface area contributed by atoms with Crippen LogP contribution in [0.1, 0.15) is 24.5 Å². The Bertz CT molecular complexity index is 1370. The van der Waals surface area contributed by atoms with Crippen molar-refractivity contribution in [2.24, 2.45) is 0 Å². The van der Waals surface area contributed by atoms with Gasteiger partial charge >= 0.3 is 0 Å². The molecule has 0 aliphatic carbocycles. The van der Waals surface area contributed by atoms with Gasteiger partial charge in [0.05, 0.1) is 10.6 Å². The molecule has 1 N–H and O–H groups in total. The van der Waals surface area contributed by atoms with Gasteiger partial charge in [0.15, 0.2) is 0 Å². The van der Waals surface area contributed by atoms with E-state index >= 15 is 0 Å². The largest absolute Gasteiger partial charge is 0.357 e. The van der Waals surface area contributed by atoms with E-state index in [-0.39, 0.29) is 17.3 Å². The molecule has 0 aliphatic rings. The molecule has 196 valence electrons. The Labute approximate surface area is 231 Å². The molecule has 0 fully saturated rings. The number of nitrogens with one attached hydrogen (secondary N) is 1. The molecule has 37 heavy (non-hydrogen) atoms. The number of hydrogen-bond acceptors (Lipinski definition) is 4. The van der Waals surface area contributed by atoms with Crippen LogP contribution < -0.4 is 9.62 Å². The molecule has 3 aromatic carbocycles. The van der Waals surface area contributed by atoms with Crippen molar-refractivity contribution in [1.29, 1.82) is 0 Å². The average molecular weight is 607 g/mol. The minimum absolute atomic E-state index is 0.0430. The van der Waals surface area contributed by atoms with Gasteiger partial charge in [-0.25, -0.2) is 8.42 Å². The van der Waals surface area contributed by atoms with E-state index in [2.05, 4.69) is 21.2 Å². The van der Waals surface area contributed by atoms with E-state index in [1.807, 2.05) is 6.92 Å². The Hall–Kier alpha value is -2.88. The predicted molar refractivity (Wildman–Crippen MR) is 150 cm³/mol. The van der Waals surface area contributed by atoms with Crippen LogP contribution >= 0.6 is 27.5 Å². The van der Waals surface area contributed by atoms with Crippen molar-refractivity contribution < 1.29 is 18.0 Å². The molecular weight excluding hydrogens is 578 g/mol. The Morgan fingerprint density at radius 3 is 2.30 bits per heavy atom. The third-order valence-electron chi connectivity index (χ3n) is 5.91. The number of rotatable bonds is 10. The highest BCUT2D eigenvalue weighted by Gasteiger charge is 2.33. The van der Waals surface area contributed by atoms with Crippen LogP contribution in [0.5, 0.6) is 0 Å². The molecule has 0 bridgehead atoms. The van der Waals surface area contributed by atoms with Crippen LogP contribution in [-0.2, 0) is 26.2 Å². The van der Waals surface area contributed by atoms with E-state index in [1.165, 1.54) is 24.1 Å². The Morgan fingerprint density at radius 1 is 1.03 bits per heavy atom. The van der Waals surface area contributed by atoms with E-state index in [9.17, 15) is 18.0 Å². The number of carbonyl (C=O) groups excluding carboxylic acids is 2. The summed E-state index contributed by atoms with van der Waals surface area (Å²) in [6, 6.07) is 19.4. The molecule has 0 radical (unpaired) electrons. The highest BCUT2D eigenvalue weighted by molar-refractivity contribution is 9.10. The Morgan fingerprint density at radius 2 is 1.70 bits per heavy atom. The van der Waals surface area contributed by atoms with Gasteiger partial charge in [0.25, 0.3) is 10.0 Å². The van der Waals surface area contributed by atoms with Crippen molar-refractivity contribution >= 4 is 55.1 Å². The highest BCUT2D eigenvalue weighted by Crippen LogP contribution is 2.28. The number of sulfonamides is 1. The van der Waals surface area contributed by atoms with Crippen molar-refractivity contribution in [3.63, 3.8) is 0 Å². The van der Waals surface area contributed by atoms with Crippen molar-refractivity contribution in [2.75, 3.05) is 17.9 Å². The van der Waals surface area contributed by atoms with Crippen LogP contribution in [0.4, 0.5) is 5.69 Å². The number of carbonyl (C=O) groups is 2. The maximum Gasteiger partial charge on any atom is 0.264 e. The molecule has 3 rings (SSSR count). The summed E-state index contributed by atoms with van der Waals surface area (Å²) in [4.78, 5) is 28.0. The second-order valence-corrected chi connectivity index (χ2v) is 11.6. The predicted octanol–water partition coefficient (Wildman–Crippen LogP) is 5.16. The molecule has 0 saturated heterocycles. The number of nitrogens with zero attached hydrogens (tertiary/aromatic N) is 2. The lowest BCUT2D eigenvalue weighted by molar-refractivity contribution is -0.140. The molecule has 0 aliphatic heterocycles. The standard InChI is InChI=1S/C27H29BrClN3O4S/c1-4-25(27(34)30-3)31(17-20-8-5-6-11-24(20)29)26(33)18-32(22-10-7-9-21(28)16-22)37(35,36)23-14-12-19(2)13-15-23/h5-16,25H,4,17-18H2,1-3H3,(H,30,34).